The summed E-state index contributed by atoms with van der Waals surface area (Å²) in [5, 5.41) is 2.73. The monoisotopic (exact) mass is 401 g/mol. The van der Waals surface area contributed by atoms with Gasteiger partial charge >= 0.3 is 5.97 Å². The van der Waals surface area contributed by atoms with Crippen molar-refractivity contribution in [3.8, 4) is 0 Å². The maximum Gasteiger partial charge on any atom is 0.308 e. The molecule has 2 saturated heterocycles. The largest absolute Gasteiger partial charge is 0.469 e. The SMILES string of the molecule is COC(=O)C[C@@H]1C(=O)NCCN1C(=O)c1nc(N2CCCC2)nc2c1CCCC2. The summed E-state index contributed by atoms with van der Waals surface area (Å²) in [6.45, 7) is 2.48. The summed E-state index contributed by atoms with van der Waals surface area (Å²) in [6.07, 6.45) is 5.66. The molecule has 0 spiro atoms. The van der Waals surface area contributed by atoms with Gasteiger partial charge in [-0.1, -0.05) is 0 Å². The molecule has 4 rings (SSSR count). The Kier molecular flexibility index (Phi) is 5.64. The minimum Gasteiger partial charge on any atom is -0.469 e. The van der Waals surface area contributed by atoms with Crippen molar-refractivity contribution in [2.45, 2.75) is 51.0 Å². The van der Waals surface area contributed by atoms with E-state index in [-0.39, 0.29) is 18.2 Å². The number of hydrogen-bond acceptors (Lipinski definition) is 7. The van der Waals surface area contributed by atoms with Gasteiger partial charge in [0, 0.05) is 37.4 Å². The van der Waals surface area contributed by atoms with Crippen molar-refractivity contribution >= 4 is 23.7 Å². The van der Waals surface area contributed by atoms with Gasteiger partial charge in [0.05, 0.1) is 13.5 Å². The highest BCUT2D eigenvalue weighted by Gasteiger charge is 2.37. The lowest BCUT2D eigenvalue weighted by Crippen LogP contribution is -2.58. The van der Waals surface area contributed by atoms with Crippen LogP contribution in [0, 0.1) is 0 Å². The van der Waals surface area contributed by atoms with Gasteiger partial charge in [-0.25, -0.2) is 9.97 Å². The Morgan fingerprint density at radius 3 is 2.62 bits per heavy atom. The summed E-state index contributed by atoms with van der Waals surface area (Å²) in [5.41, 5.74) is 2.23. The summed E-state index contributed by atoms with van der Waals surface area (Å²) in [6, 6.07) is -0.881. The van der Waals surface area contributed by atoms with Gasteiger partial charge in [-0.3, -0.25) is 14.4 Å². The summed E-state index contributed by atoms with van der Waals surface area (Å²) in [7, 11) is 1.28. The van der Waals surface area contributed by atoms with Crippen LogP contribution >= 0.6 is 0 Å². The molecule has 0 unspecified atom stereocenters. The molecule has 1 aromatic rings. The lowest BCUT2D eigenvalue weighted by molar-refractivity contribution is -0.145. The number of amides is 2. The van der Waals surface area contributed by atoms with Gasteiger partial charge in [0.25, 0.3) is 5.91 Å². The summed E-state index contributed by atoms with van der Waals surface area (Å²) < 4.78 is 4.72. The van der Waals surface area contributed by atoms with Gasteiger partial charge in [0.15, 0.2) is 0 Å². The average Bonchev–Trinajstić information content (AvgIpc) is 3.28. The number of aryl methyl sites for hydroxylation is 1. The van der Waals surface area contributed by atoms with Gasteiger partial charge in [-0.15, -0.1) is 0 Å². The lowest BCUT2D eigenvalue weighted by atomic mass is 9.94. The van der Waals surface area contributed by atoms with Crippen molar-refractivity contribution in [2.24, 2.45) is 0 Å². The number of fused-ring (bicyclic) bond motifs is 1. The number of nitrogens with one attached hydrogen (secondary N) is 1. The minimum atomic E-state index is -0.881. The average molecular weight is 401 g/mol. The maximum atomic E-state index is 13.5. The Morgan fingerprint density at radius 2 is 1.86 bits per heavy atom. The molecule has 3 aliphatic rings. The smallest absolute Gasteiger partial charge is 0.308 e. The van der Waals surface area contributed by atoms with Crippen molar-refractivity contribution in [2.75, 3.05) is 38.2 Å². The fraction of sp³-hybridized carbons (Fsp3) is 0.650. The first kappa shape index (κ1) is 19.6. The zero-order valence-electron chi connectivity index (χ0n) is 16.8. The number of aromatic nitrogens is 2. The van der Waals surface area contributed by atoms with Gasteiger partial charge in [-0.05, 0) is 38.5 Å². The fourth-order valence-electron chi connectivity index (χ4n) is 4.35. The zero-order valence-corrected chi connectivity index (χ0v) is 16.8. The Labute approximate surface area is 169 Å². The summed E-state index contributed by atoms with van der Waals surface area (Å²) in [5.74, 6) is -0.544. The maximum absolute atomic E-state index is 13.5. The van der Waals surface area contributed by atoms with Crippen LogP contribution in [0.3, 0.4) is 0 Å². The van der Waals surface area contributed by atoms with E-state index in [1.54, 1.807) is 0 Å². The molecule has 3 heterocycles. The number of nitrogens with zero attached hydrogens (tertiary/aromatic N) is 4. The molecule has 0 radical (unpaired) electrons. The standard InChI is InChI=1S/C20H27N5O4/c1-29-16(26)12-15-18(27)21-8-11-25(15)19(28)17-13-6-2-3-7-14(13)22-20(23-17)24-9-4-5-10-24/h15H,2-12H2,1H3,(H,21,27)/t15-/m1/s1. The molecule has 0 bridgehead atoms. The van der Waals surface area contributed by atoms with Crippen molar-refractivity contribution in [3.63, 3.8) is 0 Å². The first-order valence-electron chi connectivity index (χ1n) is 10.4. The van der Waals surface area contributed by atoms with Crippen molar-refractivity contribution in [1.82, 2.24) is 20.2 Å². The highest BCUT2D eigenvalue weighted by molar-refractivity contribution is 5.99. The zero-order chi connectivity index (χ0) is 20.4. The molecule has 2 aliphatic heterocycles. The lowest BCUT2D eigenvalue weighted by Gasteiger charge is -2.35. The minimum absolute atomic E-state index is 0.166. The number of carbonyl (C=O) groups is 3. The Morgan fingerprint density at radius 1 is 1.10 bits per heavy atom. The van der Waals surface area contributed by atoms with Gasteiger partial charge in [-0.2, -0.15) is 0 Å². The molecule has 29 heavy (non-hydrogen) atoms. The number of esters is 1. The predicted octanol–water partition coefficient (Wildman–Crippen LogP) is 0.459. The highest BCUT2D eigenvalue weighted by Crippen LogP contribution is 2.27. The first-order valence-corrected chi connectivity index (χ1v) is 10.4. The Hall–Kier alpha value is -2.71. The van der Waals surface area contributed by atoms with E-state index in [2.05, 4.69) is 15.2 Å². The number of methoxy groups -OCH3 is 1. The van der Waals surface area contributed by atoms with Gasteiger partial charge in [0.2, 0.25) is 11.9 Å². The molecular formula is C20H27N5O4. The van der Waals surface area contributed by atoms with E-state index in [9.17, 15) is 14.4 Å². The number of ether oxygens (including phenoxy) is 1. The predicted molar refractivity (Wildman–Crippen MR) is 105 cm³/mol. The Balaban J connectivity index is 1.69. The third-order valence-corrected chi connectivity index (χ3v) is 5.94. The highest BCUT2D eigenvalue weighted by atomic mass is 16.5. The third-order valence-electron chi connectivity index (χ3n) is 5.94. The normalized spacial score (nSPS) is 21.6. The van der Waals surface area contributed by atoms with E-state index in [1.807, 2.05) is 0 Å². The fourth-order valence-corrected chi connectivity index (χ4v) is 4.35. The topological polar surface area (TPSA) is 105 Å². The Bertz CT molecular complexity index is 821. The molecule has 0 aromatic carbocycles. The van der Waals surface area contributed by atoms with E-state index in [0.717, 1.165) is 62.9 Å². The molecule has 1 N–H and O–H groups in total. The van der Waals surface area contributed by atoms with Crippen LogP contribution in [0.4, 0.5) is 5.95 Å². The molecule has 0 saturated carbocycles. The van der Waals surface area contributed by atoms with Crippen LogP contribution in [0.15, 0.2) is 0 Å². The molecular weight excluding hydrogens is 374 g/mol. The quantitative estimate of drug-likeness (QED) is 0.731. The molecule has 9 heteroatoms. The van der Waals surface area contributed by atoms with Crippen molar-refractivity contribution in [3.05, 3.63) is 17.0 Å². The second kappa shape index (κ2) is 8.34. The molecule has 2 fully saturated rings. The molecule has 2 amide bonds. The van der Waals surface area contributed by atoms with Crippen LogP contribution in [-0.4, -0.2) is 72.0 Å². The van der Waals surface area contributed by atoms with E-state index in [1.165, 1.54) is 12.0 Å². The summed E-state index contributed by atoms with van der Waals surface area (Å²) in [4.78, 5) is 50.8. The number of rotatable bonds is 4. The van der Waals surface area contributed by atoms with Crippen LogP contribution < -0.4 is 10.2 Å². The third kappa shape index (κ3) is 3.90. The van der Waals surface area contributed by atoms with Crippen LogP contribution in [0.2, 0.25) is 0 Å². The molecule has 156 valence electrons. The molecule has 1 atom stereocenters. The number of anilines is 1. The number of carbonyl (C=O) groups excluding carboxylic acids is 3. The number of piperazine rings is 1. The van der Waals surface area contributed by atoms with Crippen molar-refractivity contribution < 1.29 is 19.1 Å². The summed E-state index contributed by atoms with van der Waals surface area (Å²) >= 11 is 0. The van der Waals surface area contributed by atoms with E-state index >= 15 is 0 Å². The van der Waals surface area contributed by atoms with Gasteiger partial charge < -0.3 is 19.9 Å². The van der Waals surface area contributed by atoms with Crippen molar-refractivity contribution in [1.29, 1.82) is 0 Å². The van der Waals surface area contributed by atoms with Gasteiger partial charge in [0.1, 0.15) is 11.7 Å². The molecule has 1 aromatic heterocycles. The molecule has 1 aliphatic carbocycles. The van der Waals surface area contributed by atoms with Crippen LogP contribution in [0.25, 0.3) is 0 Å². The number of hydrogen-bond donors (Lipinski definition) is 1. The van der Waals surface area contributed by atoms with Crippen LogP contribution in [0.5, 0.6) is 0 Å². The molecule has 9 nitrogen and oxygen atoms in total. The first-order chi connectivity index (χ1) is 14.1. The van der Waals surface area contributed by atoms with Crippen LogP contribution in [0.1, 0.15) is 53.8 Å². The van der Waals surface area contributed by atoms with Crippen LogP contribution in [-0.2, 0) is 27.2 Å². The second-order valence-electron chi connectivity index (χ2n) is 7.78. The van der Waals surface area contributed by atoms with E-state index in [0.29, 0.717) is 24.7 Å². The second-order valence-corrected chi connectivity index (χ2v) is 7.78. The van der Waals surface area contributed by atoms with E-state index < -0.39 is 12.0 Å². The van der Waals surface area contributed by atoms with E-state index in [4.69, 9.17) is 9.72 Å².